The minimum atomic E-state index is -0.131. The summed E-state index contributed by atoms with van der Waals surface area (Å²) >= 11 is 0. The molecule has 0 aromatic rings. The smallest absolute Gasteiger partial charge is 0.0661 e. The van der Waals surface area contributed by atoms with Crippen molar-refractivity contribution in [1.29, 1.82) is 0 Å². The van der Waals surface area contributed by atoms with Gasteiger partial charge < -0.3 is 0 Å². The first-order valence-corrected chi connectivity index (χ1v) is 3.91. The lowest BCUT2D eigenvalue weighted by Gasteiger charge is -1.62. The van der Waals surface area contributed by atoms with E-state index in [2.05, 4.69) is 0 Å². The SMILES string of the molecule is C[SiH2]C[O]. The summed E-state index contributed by atoms with van der Waals surface area (Å²) in [4.78, 5) is 0. The van der Waals surface area contributed by atoms with Gasteiger partial charge in [0.05, 0.1) is 15.7 Å². The van der Waals surface area contributed by atoms with Crippen LogP contribution in [0.3, 0.4) is 0 Å². The minimum Gasteiger partial charge on any atom is -0.241 e. The van der Waals surface area contributed by atoms with Crippen LogP contribution in [0.5, 0.6) is 0 Å². The van der Waals surface area contributed by atoms with Gasteiger partial charge in [-0.25, -0.2) is 5.11 Å². The van der Waals surface area contributed by atoms with Crippen molar-refractivity contribution in [3.05, 3.63) is 0 Å². The van der Waals surface area contributed by atoms with Gasteiger partial charge in [-0.15, -0.1) is 0 Å². The first-order chi connectivity index (χ1) is 1.91. The van der Waals surface area contributed by atoms with Gasteiger partial charge in [-0.05, 0) is 0 Å². The Morgan fingerprint density at radius 1 is 2.00 bits per heavy atom. The second kappa shape index (κ2) is 3.18. The van der Waals surface area contributed by atoms with Crippen LogP contribution < -0.4 is 0 Å². The first kappa shape index (κ1) is 4.18. The number of hydrogen-bond acceptors (Lipinski definition) is 0. The normalized spacial score (nSPS) is 10.5. The molecule has 0 atom stereocenters. The molecule has 0 amide bonds. The molecule has 0 heterocycles. The lowest BCUT2D eigenvalue weighted by Crippen LogP contribution is -1.83. The molecular formula is C2H7OSi. The largest absolute Gasteiger partial charge is 0.241 e. The van der Waals surface area contributed by atoms with E-state index in [0.717, 1.165) is 0 Å². The van der Waals surface area contributed by atoms with Crippen LogP contribution in [0.1, 0.15) is 0 Å². The fraction of sp³-hybridized carbons (Fsp3) is 1.00. The van der Waals surface area contributed by atoms with Crippen molar-refractivity contribution in [3.63, 3.8) is 0 Å². The predicted molar refractivity (Wildman–Crippen MR) is 20.0 cm³/mol. The molecule has 0 saturated heterocycles. The standard InChI is InChI=1S/C2H7OSi/c1-4-2-3/h2,4H2,1H3. The van der Waals surface area contributed by atoms with Gasteiger partial charge in [-0.3, -0.25) is 0 Å². The summed E-state index contributed by atoms with van der Waals surface area (Å²) in [5, 5.41) is 9.36. The summed E-state index contributed by atoms with van der Waals surface area (Å²) in [6.45, 7) is 2.01. The van der Waals surface area contributed by atoms with Crippen molar-refractivity contribution in [1.82, 2.24) is 0 Å². The van der Waals surface area contributed by atoms with Crippen LogP contribution >= 0.6 is 0 Å². The fourth-order valence-electron chi connectivity index (χ4n) is 0. The van der Waals surface area contributed by atoms with Crippen LogP contribution in [-0.4, -0.2) is 15.7 Å². The molecule has 0 bridgehead atoms. The summed E-state index contributed by atoms with van der Waals surface area (Å²) in [5.74, 6) is 0. The third-order valence-corrected chi connectivity index (χ3v) is 0.612. The zero-order valence-corrected chi connectivity index (χ0v) is 4.24. The highest BCUT2D eigenvalue weighted by atomic mass is 28.2. The van der Waals surface area contributed by atoms with Gasteiger partial charge in [-0.2, -0.15) is 0 Å². The van der Waals surface area contributed by atoms with Crippen LogP contribution in [-0.2, 0) is 5.11 Å². The average molecular weight is 75.2 g/mol. The van der Waals surface area contributed by atoms with E-state index in [9.17, 15) is 5.11 Å². The highest BCUT2D eigenvalue weighted by molar-refractivity contribution is 6.32. The van der Waals surface area contributed by atoms with Crippen LogP contribution in [0.2, 0.25) is 6.55 Å². The van der Waals surface area contributed by atoms with Gasteiger partial charge in [0.15, 0.2) is 0 Å². The van der Waals surface area contributed by atoms with Crippen molar-refractivity contribution in [2.45, 2.75) is 6.55 Å². The lowest BCUT2D eigenvalue weighted by molar-refractivity contribution is 0.253. The molecule has 1 radical (unpaired) electrons. The van der Waals surface area contributed by atoms with Gasteiger partial charge >= 0.3 is 0 Å². The quantitative estimate of drug-likeness (QED) is 0.378. The minimum absolute atomic E-state index is 0.131. The monoisotopic (exact) mass is 75.0 g/mol. The van der Waals surface area contributed by atoms with Crippen LogP contribution in [0, 0.1) is 0 Å². The van der Waals surface area contributed by atoms with E-state index in [1.54, 1.807) is 0 Å². The summed E-state index contributed by atoms with van der Waals surface area (Å²) < 4.78 is 0. The summed E-state index contributed by atoms with van der Waals surface area (Å²) in [7, 11) is -0.131. The molecule has 0 spiro atoms. The lowest BCUT2D eigenvalue weighted by atomic mass is 11.7. The van der Waals surface area contributed by atoms with E-state index < -0.39 is 0 Å². The molecule has 25 valence electrons. The third kappa shape index (κ3) is 2.18. The molecule has 0 aromatic carbocycles. The maximum atomic E-state index is 9.36. The molecule has 0 saturated carbocycles. The highest BCUT2D eigenvalue weighted by Gasteiger charge is 1.62. The first-order valence-electron chi connectivity index (χ1n) is 1.50. The Bertz CT molecular complexity index is 8.00. The summed E-state index contributed by atoms with van der Waals surface area (Å²) in [6, 6.07) is 0. The molecule has 0 N–H and O–H groups in total. The Kier molecular flexibility index (Phi) is 3.32. The summed E-state index contributed by atoms with van der Waals surface area (Å²) in [5.41, 5.74) is 0. The van der Waals surface area contributed by atoms with E-state index >= 15 is 0 Å². The summed E-state index contributed by atoms with van der Waals surface area (Å²) in [6.07, 6.45) is 0.208. The van der Waals surface area contributed by atoms with Crippen LogP contribution in [0.4, 0.5) is 0 Å². The van der Waals surface area contributed by atoms with Crippen molar-refractivity contribution in [3.8, 4) is 0 Å². The van der Waals surface area contributed by atoms with Gasteiger partial charge in [-0.1, -0.05) is 6.55 Å². The molecule has 0 aliphatic carbocycles. The van der Waals surface area contributed by atoms with Gasteiger partial charge in [0.2, 0.25) is 0 Å². The second-order valence-electron chi connectivity index (χ2n) is 0.704. The van der Waals surface area contributed by atoms with Gasteiger partial charge in [0.25, 0.3) is 0 Å². The van der Waals surface area contributed by atoms with Crippen molar-refractivity contribution in [2.75, 3.05) is 6.23 Å². The highest BCUT2D eigenvalue weighted by Crippen LogP contribution is 1.44. The molecule has 0 fully saturated rings. The maximum Gasteiger partial charge on any atom is 0.0661 e. The van der Waals surface area contributed by atoms with Gasteiger partial charge in [0, 0.05) is 0 Å². The van der Waals surface area contributed by atoms with Crippen LogP contribution in [0.15, 0.2) is 0 Å². The maximum absolute atomic E-state index is 9.36. The van der Waals surface area contributed by atoms with Crippen LogP contribution in [0.25, 0.3) is 0 Å². The molecule has 0 aliphatic heterocycles. The Morgan fingerprint density at radius 3 is 2.25 bits per heavy atom. The van der Waals surface area contributed by atoms with Crippen molar-refractivity contribution >= 4 is 9.52 Å². The van der Waals surface area contributed by atoms with E-state index in [-0.39, 0.29) is 15.7 Å². The zero-order valence-electron chi connectivity index (χ0n) is 2.82. The van der Waals surface area contributed by atoms with E-state index in [1.165, 1.54) is 0 Å². The fourth-order valence-corrected chi connectivity index (χ4v) is 0. The van der Waals surface area contributed by atoms with Crippen molar-refractivity contribution in [2.24, 2.45) is 0 Å². The Morgan fingerprint density at radius 2 is 2.25 bits per heavy atom. The predicted octanol–water partition coefficient (Wildman–Crippen LogP) is -0.409. The molecule has 2 heteroatoms. The van der Waals surface area contributed by atoms with Gasteiger partial charge in [0.1, 0.15) is 0 Å². The molecule has 0 unspecified atom stereocenters. The Hall–Kier alpha value is 0.177. The molecule has 0 rings (SSSR count). The van der Waals surface area contributed by atoms with E-state index in [4.69, 9.17) is 0 Å². The number of hydrogen-bond donors (Lipinski definition) is 0. The zero-order chi connectivity index (χ0) is 3.41. The Labute approximate surface area is 28.5 Å². The molecule has 1 nitrogen and oxygen atoms in total. The van der Waals surface area contributed by atoms with Crippen molar-refractivity contribution < 1.29 is 5.11 Å². The molecule has 0 aromatic heterocycles. The molecular weight excluding hydrogens is 68.1 g/mol. The molecule has 4 heavy (non-hydrogen) atoms. The molecule has 0 aliphatic rings. The second-order valence-corrected chi connectivity index (χ2v) is 2.11. The van der Waals surface area contributed by atoms with E-state index in [1.807, 2.05) is 6.55 Å². The topological polar surface area (TPSA) is 19.9 Å². The third-order valence-electron chi connectivity index (χ3n) is 0.204. The number of rotatable bonds is 1. The average Bonchev–Trinajstić information content (AvgIpc) is 1.37. The Balaban J connectivity index is 1.97. The van der Waals surface area contributed by atoms with E-state index in [0.29, 0.717) is 0 Å².